The Balaban J connectivity index is 1.65. The van der Waals surface area contributed by atoms with Crippen molar-refractivity contribution in [2.75, 3.05) is 13.7 Å². The van der Waals surface area contributed by atoms with Crippen LogP contribution in [0.2, 0.25) is 5.02 Å². The van der Waals surface area contributed by atoms with Crippen LogP contribution in [0, 0.1) is 5.92 Å². The van der Waals surface area contributed by atoms with Crippen molar-refractivity contribution in [1.82, 2.24) is 15.5 Å². The molecule has 0 aliphatic rings. The van der Waals surface area contributed by atoms with Gasteiger partial charge in [0.1, 0.15) is 17.5 Å². The third kappa shape index (κ3) is 5.48. The van der Waals surface area contributed by atoms with Gasteiger partial charge in [-0.1, -0.05) is 30.6 Å². The molecule has 0 saturated carbocycles. The highest BCUT2D eigenvalue weighted by Crippen LogP contribution is 2.25. The number of benzene rings is 2. The summed E-state index contributed by atoms with van der Waals surface area (Å²) in [6, 6.07) is 13.7. The molecule has 1 amide bonds. The molecule has 3 rings (SSSR count). The van der Waals surface area contributed by atoms with Crippen LogP contribution in [0.1, 0.15) is 25.8 Å². The number of hydrogen-bond acceptors (Lipinski definition) is 6. The molecule has 29 heavy (non-hydrogen) atoms. The Morgan fingerprint density at radius 2 is 1.76 bits per heavy atom. The molecule has 0 radical (unpaired) electrons. The van der Waals surface area contributed by atoms with E-state index in [0.29, 0.717) is 22.5 Å². The summed E-state index contributed by atoms with van der Waals surface area (Å²) in [5.41, 5.74) is 0.792. The van der Waals surface area contributed by atoms with Crippen LogP contribution < -0.4 is 14.8 Å². The maximum absolute atomic E-state index is 12.4. The number of carbonyl (C=O) groups is 1. The molecule has 0 aliphatic carbocycles. The Hall–Kier alpha value is -3.06. The van der Waals surface area contributed by atoms with Gasteiger partial charge in [0.15, 0.2) is 6.61 Å². The van der Waals surface area contributed by atoms with Gasteiger partial charge in [0.25, 0.3) is 5.91 Å². The van der Waals surface area contributed by atoms with Crippen LogP contribution in [-0.4, -0.2) is 29.8 Å². The van der Waals surface area contributed by atoms with Crippen molar-refractivity contribution in [2.24, 2.45) is 5.92 Å². The molecule has 1 N–H and O–H groups in total. The Morgan fingerprint density at radius 3 is 2.38 bits per heavy atom. The lowest BCUT2D eigenvalue weighted by Gasteiger charge is -2.18. The van der Waals surface area contributed by atoms with Crippen molar-refractivity contribution >= 4 is 17.5 Å². The van der Waals surface area contributed by atoms with Crippen LogP contribution >= 0.6 is 11.6 Å². The number of carbonyl (C=O) groups excluding carboxylic acids is 1. The van der Waals surface area contributed by atoms with Gasteiger partial charge in [-0.15, -0.1) is 0 Å². The fourth-order valence-corrected chi connectivity index (χ4v) is 2.75. The van der Waals surface area contributed by atoms with Crippen molar-refractivity contribution in [3.05, 3.63) is 59.4 Å². The molecule has 2 aromatic carbocycles. The van der Waals surface area contributed by atoms with Crippen LogP contribution in [0.3, 0.4) is 0 Å². The summed E-state index contributed by atoms with van der Waals surface area (Å²) < 4.78 is 16.1. The molecule has 7 nitrogen and oxygen atoms in total. The van der Waals surface area contributed by atoms with Gasteiger partial charge in [-0.2, -0.15) is 4.98 Å². The number of ether oxygens (including phenoxy) is 2. The van der Waals surface area contributed by atoms with E-state index in [0.717, 1.165) is 11.3 Å². The number of rotatable bonds is 8. The van der Waals surface area contributed by atoms with Gasteiger partial charge in [-0.05, 0) is 54.4 Å². The number of aromatic nitrogens is 2. The zero-order valence-electron chi connectivity index (χ0n) is 16.4. The van der Waals surface area contributed by atoms with Crippen LogP contribution in [0.15, 0.2) is 53.1 Å². The van der Waals surface area contributed by atoms with Gasteiger partial charge < -0.3 is 19.3 Å². The van der Waals surface area contributed by atoms with Crippen molar-refractivity contribution in [2.45, 2.75) is 19.9 Å². The molecule has 0 spiro atoms. The fraction of sp³-hybridized carbons (Fsp3) is 0.286. The Bertz CT molecular complexity index is 939. The summed E-state index contributed by atoms with van der Waals surface area (Å²) in [5, 5.41) is 7.53. The van der Waals surface area contributed by atoms with E-state index in [9.17, 15) is 4.79 Å². The highest BCUT2D eigenvalue weighted by molar-refractivity contribution is 6.30. The van der Waals surface area contributed by atoms with Gasteiger partial charge in [-0.25, -0.2) is 0 Å². The standard InChI is InChI=1S/C21H22ClN3O4/c1-13(2)19(23-18(26)12-28-17-10-6-15(22)7-11-17)21-24-20(25-29-21)14-4-8-16(27-3)9-5-14/h4-11,13,19H,12H2,1-3H3,(H,23,26)/t19-/m0/s1. The van der Waals surface area contributed by atoms with Crippen molar-refractivity contribution in [1.29, 1.82) is 0 Å². The first kappa shape index (κ1) is 20.7. The van der Waals surface area contributed by atoms with E-state index in [1.54, 1.807) is 31.4 Å². The van der Waals surface area contributed by atoms with E-state index >= 15 is 0 Å². The minimum atomic E-state index is -0.434. The molecule has 152 valence electrons. The maximum Gasteiger partial charge on any atom is 0.258 e. The Labute approximate surface area is 174 Å². The van der Waals surface area contributed by atoms with Crippen molar-refractivity contribution < 1.29 is 18.8 Å². The van der Waals surface area contributed by atoms with Gasteiger partial charge in [0, 0.05) is 10.6 Å². The molecule has 0 unspecified atom stereocenters. The summed E-state index contributed by atoms with van der Waals surface area (Å²) in [6.07, 6.45) is 0. The fourth-order valence-electron chi connectivity index (χ4n) is 2.63. The Kier molecular flexibility index (Phi) is 6.72. The third-order valence-electron chi connectivity index (χ3n) is 4.22. The minimum absolute atomic E-state index is 0.0404. The first-order valence-corrected chi connectivity index (χ1v) is 9.50. The van der Waals surface area contributed by atoms with Crippen molar-refractivity contribution in [3.63, 3.8) is 0 Å². The van der Waals surface area contributed by atoms with E-state index in [4.69, 9.17) is 25.6 Å². The number of nitrogens with one attached hydrogen (secondary N) is 1. The van der Waals surface area contributed by atoms with Crippen molar-refractivity contribution in [3.8, 4) is 22.9 Å². The zero-order valence-corrected chi connectivity index (χ0v) is 17.1. The molecule has 3 aromatic rings. The number of halogens is 1. The maximum atomic E-state index is 12.4. The third-order valence-corrected chi connectivity index (χ3v) is 4.47. The molecule has 1 heterocycles. The predicted molar refractivity (Wildman–Crippen MR) is 109 cm³/mol. The largest absolute Gasteiger partial charge is 0.497 e. The first-order valence-electron chi connectivity index (χ1n) is 9.12. The average Bonchev–Trinajstić information content (AvgIpc) is 3.21. The highest BCUT2D eigenvalue weighted by Gasteiger charge is 2.25. The average molecular weight is 416 g/mol. The Morgan fingerprint density at radius 1 is 1.10 bits per heavy atom. The highest BCUT2D eigenvalue weighted by atomic mass is 35.5. The molecule has 0 fully saturated rings. The zero-order chi connectivity index (χ0) is 20.8. The van der Waals surface area contributed by atoms with Gasteiger partial charge in [-0.3, -0.25) is 4.79 Å². The summed E-state index contributed by atoms with van der Waals surface area (Å²) in [7, 11) is 1.61. The summed E-state index contributed by atoms with van der Waals surface area (Å²) in [6.45, 7) is 3.79. The summed E-state index contributed by atoms with van der Waals surface area (Å²) >= 11 is 5.84. The van der Waals surface area contributed by atoms with Gasteiger partial charge >= 0.3 is 0 Å². The molecule has 0 saturated heterocycles. The summed E-state index contributed by atoms with van der Waals surface area (Å²) in [4.78, 5) is 16.8. The quantitative estimate of drug-likeness (QED) is 0.590. The van der Waals surface area contributed by atoms with E-state index in [2.05, 4.69) is 15.5 Å². The second kappa shape index (κ2) is 9.43. The molecule has 0 bridgehead atoms. The van der Waals surface area contributed by atoms with Crippen LogP contribution in [-0.2, 0) is 4.79 Å². The van der Waals surface area contributed by atoms with Crippen LogP contribution in [0.25, 0.3) is 11.4 Å². The lowest BCUT2D eigenvalue weighted by atomic mass is 10.0. The number of nitrogens with zero attached hydrogens (tertiary/aromatic N) is 2. The molecular weight excluding hydrogens is 394 g/mol. The summed E-state index contributed by atoms with van der Waals surface area (Å²) in [5.74, 6) is 1.84. The molecule has 1 atom stereocenters. The normalized spacial score (nSPS) is 11.9. The SMILES string of the molecule is COc1ccc(-c2noc([C@@H](NC(=O)COc3ccc(Cl)cc3)C(C)C)n2)cc1. The molecule has 0 aliphatic heterocycles. The van der Waals surface area contributed by atoms with E-state index in [-0.39, 0.29) is 18.4 Å². The van der Waals surface area contributed by atoms with E-state index in [1.165, 1.54) is 0 Å². The molecule has 8 heteroatoms. The van der Waals surface area contributed by atoms with Crippen LogP contribution in [0.5, 0.6) is 11.5 Å². The lowest BCUT2D eigenvalue weighted by molar-refractivity contribution is -0.124. The monoisotopic (exact) mass is 415 g/mol. The predicted octanol–water partition coefficient (Wildman–Crippen LogP) is 4.29. The molecular formula is C21H22ClN3O4. The van der Waals surface area contributed by atoms with Crippen LogP contribution in [0.4, 0.5) is 0 Å². The van der Waals surface area contributed by atoms with E-state index in [1.807, 2.05) is 38.1 Å². The van der Waals surface area contributed by atoms with Gasteiger partial charge in [0.2, 0.25) is 11.7 Å². The smallest absolute Gasteiger partial charge is 0.258 e. The van der Waals surface area contributed by atoms with Gasteiger partial charge in [0.05, 0.1) is 7.11 Å². The second-order valence-electron chi connectivity index (χ2n) is 6.72. The first-order chi connectivity index (χ1) is 14.0. The minimum Gasteiger partial charge on any atom is -0.497 e. The lowest BCUT2D eigenvalue weighted by Crippen LogP contribution is -2.35. The molecule has 1 aromatic heterocycles. The number of amides is 1. The number of hydrogen-bond donors (Lipinski definition) is 1. The number of methoxy groups -OCH3 is 1. The van der Waals surface area contributed by atoms with E-state index < -0.39 is 6.04 Å². The topological polar surface area (TPSA) is 86.5 Å². The second-order valence-corrected chi connectivity index (χ2v) is 7.15.